The molecule has 0 heterocycles. The Balaban J connectivity index is 2.37. The number of carboxylic acids is 1. The van der Waals surface area contributed by atoms with Crippen molar-refractivity contribution in [2.45, 2.75) is 12.6 Å². The van der Waals surface area contributed by atoms with Crippen LogP contribution >= 0.6 is 11.6 Å². The number of alkyl halides is 3. The van der Waals surface area contributed by atoms with Crippen molar-refractivity contribution in [2.75, 3.05) is 19.8 Å². The first-order valence-electron chi connectivity index (χ1n) is 5.60. The third-order valence-corrected chi connectivity index (χ3v) is 2.36. The SMILES string of the molecule is O=C(O)c1cc(Cl)ccc1OCCCOCC(F)(F)F. The van der Waals surface area contributed by atoms with Crippen LogP contribution in [0.3, 0.4) is 0 Å². The topological polar surface area (TPSA) is 55.8 Å². The Morgan fingerprint density at radius 3 is 2.60 bits per heavy atom. The van der Waals surface area contributed by atoms with Gasteiger partial charge in [0.15, 0.2) is 0 Å². The molecule has 1 aromatic carbocycles. The van der Waals surface area contributed by atoms with E-state index in [9.17, 15) is 18.0 Å². The number of halogens is 4. The Morgan fingerprint density at radius 2 is 2.00 bits per heavy atom. The summed E-state index contributed by atoms with van der Waals surface area (Å²) < 4.78 is 44.9. The fraction of sp³-hybridized carbons (Fsp3) is 0.417. The van der Waals surface area contributed by atoms with Crippen LogP contribution in [0.4, 0.5) is 13.2 Å². The lowest BCUT2D eigenvalue weighted by molar-refractivity contribution is -0.174. The van der Waals surface area contributed by atoms with Crippen LogP contribution in [-0.2, 0) is 4.74 Å². The van der Waals surface area contributed by atoms with Crippen molar-refractivity contribution in [3.05, 3.63) is 28.8 Å². The van der Waals surface area contributed by atoms with Gasteiger partial charge >= 0.3 is 12.1 Å². The highest BCUT2D eigenvalue weighted by Gasteiger charge is 2.27. The summed E-state index contributed by atoms with van der Waals surface area (Å²) in [6.45, 7) is -1.40. The van der Waals surface area contributed by atoms with Crippen molar-refractivity contribution in [2.24, 2.45) is 0 Å². The third-order valence-electron chi connectivity index (χ3n) is 2.13. The summed E-state index contributed by atoms with van der Waals surface area (Å²) >= 11 is 5.66. The second-order valence-corrected chi connectivity index (χ2v) is 4.25. The number of aromatic carboxylic acids is 1. The molecular weight excluding hydrogens is 301 g/mol. The summed E-state index contributed by atoms with van der Waals surface area (Å²) in [5.41, 5.74) is -0.103. The van der Waals surface area contributed by atoms with Gasteiger partial charge in [-0.2, -0.15) is 13.2 Å². The minimum atomic E-state index is -4.35. The largest absolute Gasteiger partial charge is 0.493 e. The van der Waals surface area contributed by atoms with Crippen LogP contribution in [-0.4, -0.2) is 37.1 Å². The molecule has 0 saturated carbocycles. The zero-order valence-corrected chi connectivity index (χ0v) is 11.0. The van der Waals surface area contributed by atoms with E-state index in [0.717, 1.165) is 0 Å². The lowest BCUT2D eigenvalue weighted by Crippen LogP contribution is -2.18. The quantitative estimate of drug-likeness (QED) is 0.784. The maximum atomic E-state index is 11.8. The second kappa shape index (κ2) is 7.35. The van der Waals surface area contributed by atoms with Gasteiger partial charge in [0, 0.05) is 11.4 Å². The lowest BCUT2D eigenvalue weighted by Gasteiger charge is -2.10. The molecule has 0 spiro atoms. The van der Waals surface area contributed by atoms with Crippen LogP contribution in [0, 0.1) is 0 Å². The van der Waals surface area contributed by atoms with E-state index in [1.165, 1.54) is 18.2 Å². The zero-order chi connectivity index (χ0) is 15.2. The van der Waals surface area contributed by atoms with Gasteiger partial charge in [-0.25, -0.2) is 4.79 Å². The van der Waals surface area contributed by atoms with Gasteiger partial charge in [0.2, 0.25) is 0 Å². The second-order valence-electron chi connectivity index (χ2n) is 3.82. The van der Waals surface area contributed by atoms with Gasteiger partial charge in [-0.1, -0.05) is 11.6 Å². The number of rotatable bonds is 7. The third kappa shape index (κ3) is 6.12. The smallest absolute Gasteiger partial charge is 0.411 e. The molecule has 0 saturated heterocycles. The molecule has 0 aliphatic carbocycles. The maximum absolute atomic E-state index is 11.8. The van der Waals surface area contributed by atoms with Crippen molar-refractivity contribution >= 4 is 17.6 Å². The van der Waals surface area contributed by atoms with E-state index in [2.05, 4.69) is 4.74 Å². The van der Waals surface area contributed by atoms with Crippen LogP contribution in [0.5, 0.6) is 5.75 Å². The molecule has 0 radical (unpaired) electrons. The summed E-state index contributed by atoms with van der Waals surface area (Å²) in [5, 5.41) is 9.19. The van der Waals surface area contributed by atoms with Gasteiger partial charge < -0.3 is 14.6 Å². The summed E-state index contributed by atoms with van der Waals surface area (Å²) in [4.78, 5) is 10.9. The Morgan fingerprint density at radius 1 is 1.30 bits per heavy atom. The Kier molecular flexibility index (Phi) is 6.09. The molecule has 8 heteroatoms. The highest BCUT2D eigenvalue weighted by molar-refractivity contribution is 6.31. The first-order valence-corrected chi connectivity index (χ1v) is 5.97. The van der Waals surface area contributed by atoms with Crippen LogP contribution in [0.15, 0.2) is 18.2 Å². The van der Waals surface area contributed by atoms with E-state index < -0.39 is 18.8 Å². The average Bonchev–Trinajstić information content (AvgIpc) is 2.33. The fourth-order valence-corrected chi connectivity index (χ4v) is 1.50. The zero-order valence-electron chi connectivity index (χ0n) is 10.2. The predicted octanol–water partition coefficient (Wildman–Crippen LogP) is 3.39. The van der Waals surface area contributed by atoms with Crippen LogP contribution < -0.4 is 4.74 Å². The molecule has 0 fully saturated rings. The van der Waals surface area contributed by atoms with E-state index in [4.69, 9.17) is 21.4 Å². The monoisotopic (exact) mass is 312 g/mol. The van der Waals surface area contributed by atoms with Gasteiger partial charge in [-0.3, -0.25) is 0 Å². The molecule has 112 valence electrons. The van der Waals surface area contributed by atoms with Gasteiger partial charge in [0.25, 0.3) is 0 Å². The molecule has 20 heavy (non-hydrogen) atoms. The molecule has 0 aliphatic heterocycles. The number of carbonyl (C=O) groups is 1. The molecule has 1 rings (SSSR count). The minimum Gasteiger partial charge on any atom is -0.493 e. The molecule has 0 amide bonds. The van der Waals surface area contributed by atoms with Crippen LogP contribution in [0.2, 0.25) is 5.02 Å². The summed E-state index contributed by atoms with van der Waals surface area (Å²) in [6.07, 6.45) is -4.15. The Labute approximate surface area is 118 Å². The van der Waals surface area contributed by atoms with E-state index in [0.29, 0.717) is 0 Å². The lowest BCUT2D eigenvalue weighted by atomic mass is 10.2. The van der Waals surface area contributed by atoms with Crippen molar-refractivity contribution in [3.63, 3.8) is 0 Å². The van der Waals surface area contributed by atoms with Gasteiger partial charge in [-0.05, 0) is 18.2 Å². The standard InChI is InChI=1S/C12H12ClF3O4/c13-8-2-3-10(9(6-8)11(17)18)20-5-1-4-19-7-12(14,15)16/h2-3,6H,1,4-5,7H2,(H,17,18). The number of hydrogen-bond acceptors (Lipinski definition) is 3. The van der Waals surface area contributed by atoms with Crippen molar-refractivity contribution in [1.82, 2.24) is 0 Å². The number of hydrogen-bond donors (Lipinski definition) is 1. The summed E-state index contributed by atoms with van der Waals surface area (Å²) in [5.74, 6) is -1.09. The highest BCUT2D eigenvalue weighted by atomic mass is 35.5. The van der Waals surface area contributed by atoms with E-state index in [1.807, 2.05) is 0 Å². The molecule has 4 nitrogen and oxygen atoms in total. The van der Waals surface area contributed by atoms with Crippen molar-refractivity contribution in [3.8, 4) is 5.75 Å². The van der Waals surface area contributed by atoms with Crippen LogP contribution in [0.1, 0.15) is 16.8 Å². The first kappa shape index (κ1) is 16.6. The molecule has 0 atom stereocenters. The minimum absolute atomic E-state index is 0.0414. The number of carboxylic acid groups (broad SMARTS) is 1. The van der Waals surface area contributed by atoms with Gasteiger partial charge in [-0.15, -0.1) is 0 Å². The number of ether oxygens (including phenoxy) is 2. The highest BCUT2D eigenvalue weighted by Crippen LogP contribution is 2.23. The van der Waals surface area contributed by atoms with E-state index in [1.54, 1.807) is 0 Å². The maximum Gasteiger partial charge on any atom is 0.411 e. The molecule has 0 aromatic heterocycles. The Hall–Kier alpha value is -1.47. The Bertz CT molecular complexity index is 463. The van der Waals surface area contributed by atoms with Crippen LogP contribution in [0.25, 0.3) is 0 Å². The summed E-state index contributed by atoms with van der Waals surface area (Å²) in [7, 11) is 0. The van der Waals surface area contributed by atoms with Crippen molar-refractivity contribution < 1.29 is 32.5 Å². The first-order chi connectivity index (χ1) is 9.29. The summed E-state index contributed by atoms with van der Waals surface area (Å²) in [6, 6.07) is 4.09. The molecular formula is C12H12ClF3O4. The normalized spacial score (nSPS) is 11.4. The van der Waals surface area contributed by atoms with E-state index >= 15 is 0 Å². The fourth-order valence-electron chi connectivity index (χ4n) is 1.33. The van der Waals surface area contributed by atoms with Gasteiger partial charge in [0.05, 0.1) is 13.2 Å². The number of benzene rings is 1. The van der Waals surface area contributed by atoms with Gasteiger partial charge in [0.1, 0.15) is 17.9 Å². The molecule has 0 bridgehead atoms. The molecule has 0 unspecified atom stereocenters. The molecule has 1 aromatic rings. The van der Waals surface area contributed by atoms with Crippen molar-refractivity contribution in [1.29, 1.82) is 0 Å². The van der Waals surface area contributed by atoms with E-state index in [-0.39, 0.29) is 36.0 Å². The predicted molar refractivity (Wildman–Crippen MR) is 65.4 cm³/mol. The molecule has 1 N–H and O–H groups in total. The average molecular weight is 313 g/mol. The molecule has 0 aliphatic rings.